The Kier molecular flexibility index (Phi) is 11.0. The molecule has 1 saturated heterocycles. The molecule has 0 aliphatic carbocycles. The first-order valence-electron chi connectivity index (χ1n) is 9.59. The fraction of sp³-hybridized carbons (Fsp3) is 0.895. The Labute approximate surface area is 182 Å². The molecule has 1 fully saturated rings. The van der Waals surface area contributed by atoms with Gasteiger partial charge in [0.25, 0.3) is 0 Å². The summed E-state index contributed by atoms with van der Waals surface area (Å²) in [6.45, 7) is 16.4. The van der Waals surface area contributed by atoms with Crippen molar-refractivity contribution in [2.24, 2.45) is 10.4 Å². The summed E-state index contributed by atoms with van der Waals surface area (Å²) in [5.74, 6) is 0.924. The lowest BCUT2D eigenvalue weighted by atomic mass is 9.93. The summed E-state index contributed by atoms with van der Waals surface area (Å²) >= 11 is 0. The first kappa shape index (κ1) is 26.2. The van der Waals surface area contributed by atoms with Crippen molar-refractivity contribution < 1.29 is 9.53 Å². The first-order chi connectivity index (χ1) is 11.9. The fourth-order valence-electron chi connectivity index (χ4n) is 3.17. The van der Waals surface area contributed by atoms with E-state index < -0.39 is 5.60 Å². The number of carbonyl (C=O) groups is 1. The van der Waals surface area contributed by atoms with Crippen molar-refractivity contribution in [2.45, 2.75) is 59.6 Å². The van der Waals surface area contributed by atoms with E-state index in [2.05, 4.69) is 55.3 Å². The monoisotopic (exact) mass is 497 g/mol. The maximum absolute atomic E-state index is 12.0. The van der Waals surface area contributed by atoms with Crippen LogP contribution >= 0.6 is 24.0 Å². The van der Waals surface area contributed by atoms with Crippen LogP contribution in [0.15, 0.2) is 4.99 Å². The number of nitrogens with one attached hydrogen (secondary N) is 2. The standard InChI is InChI=1S/C19H39N5O2.HI/c1-9-20-16(21-13-19(5,6)14-23(7)8)24-11-10-15(12-24)22-17(25)26-18(2,3)4;/h15H,9-14H2,1-8H3,(H,20,21)(H,22,25);1H. The molecule has 1 amide bonds. The molecule has 1 aliphatic rings. The molecule has 1 unspecified atom stereocenters. The van der Waals surface area contributed by atoms with Crippen molar-refractivity contribution in [3.63, 3.8) is 0 Å². The van der Waals surface area contributed by atoms with Gasteiger partial charge < -0.3 is 25.2 Å². The van der Waals surface area contributed by atoms with Gasteiger partial charge in [-0.2, -0.15) is 0 Å². The van der Waals surface area contributed by atoms with Crippen LogP contribution in [0.3, 0.4) is 0 Å². The molecule has 0 saturated carbocycles. The van der Waals surface area contributed by atoms with Crippen molar-refractivity contribution in [3.8, 4) is 0 Å². The molecule has 0 bridgehead atoms. The predicted octanol–water partition coefficient (Wildman–Crippen LogP) is 2.76. The third kappa shape index (κ3) is 11.0. The second-order valence-electron chi connectivity index (χ2n) is 9.15. The molecular weight excluding hydrogens is 457 g/mol. The van der Waals surface area contributed by atoms with Crippen LogP contribution in [0.25, 0.3) is 0 Å². The number of hydrogen-bond acceptors (Lipinski definition) is 4. The summed E-state index contributed by atoms with van der Waals surface area (Å²) < 4.78 is 5.35. The van der Waals surface area contributed by atoms with Crippen LogP contribution in [-0.4, -0.2) is 80.3 Å². The molecular formula is C19H40IN5O2. The number of guanidine groups is 1. The molecule has 1 rings (SSSR count). The molecule has 1 atom stereocenters. The Hall–Kier alpha value is -0.770. The second kappa shape index (κ2) is 11.3. The SMILES string of the molecule is CCNC(=NCC(C)(C)CN(C)C)N1CCC(NC(=O)OC(C)(C)C)C1.I. The van der Waals surface area contributed by atoms with E-state index in [1.165, 1.54) is 0 Å². The van der Waals surface area contributed by atoms with Gasteiger partial charge >= 0.3 is 6.09 Å². The summed E-state index contributed by atoms with van der Waals surface area (Å²) in [4.78, 5) is 21.2. The zero-order valence-electron chi connectivity index (χ0n) is 18.4. The van der Waals surface area contributed by atoms with Gasteiger partial charge in [-0.05, 0) is 53.6 Å². The summed E-state index contributed by atoms with van der Waals surface area (Å²) in [6, 6.07) is 0.0866. The number of alkyl carbamates (subject to hydrolysis) is 1. The zero-order chi connectivity index (χ0) is 20.0. The lowest BCUT2D eigenvalue weighted by Gasteiger charge is -2.28. The maximum atomic E-state index is 12.0. The van der Waals surface area contributed by atoms with E-state index in [0.29, 0.717) is 0 Å². The van der Waals surface area contributed by atoms with Gasteiger partial charge in [0.1, 0.15) is 5.60 Å². The van der Waals surface area contributed by atoms with Gasteiger partial charge in [0.15, 0.2) is 5.96 Å². The third-order valence-corrected chi connectivity index (χ3v) is 3.94. The minimum atomic E-state index is -0.475. The topological polar surface area (TPSA) is 69.2 Å². The Morgan fingerprint density at radius 1 is 1.26 bits per heavy atom. The molecule has 8 heteroatoms. The minimum absolute atomic E-state index is 0. The number of amides is 1. The molecule has 0 aromatic carbocycles. The maximum Gasteiger partial charge on any atom is 0.407 e. The quantitative estimate of drug-likeness (QED) is 0.336. The van der Waals surface area contributed by atoms with E-state index >= 15 is 0 Å². The highest BCUT2D eigenvalue weighted by Gasteiger charge is 2.28. The van der Waals surface area contributed by atoms with Crippen LogP contribution in [0.2, 0.25) is 0 Å². The average Bonchev–Trinajstić information content (AvgIpc) is 2.88. The molecule has 160 valence electrons. The van der Waals surface area contributed by atoms with Crippen LogP contribution in [0.4, 0.5) is 4.79 Å². The fourth-order valence-corrected chi connectivity index (χ4v) is 3.17. The van der Waals surface area contributed by atoms with Gasteiger partial charge in [-0.3, -0.25) is 4.99 Å². The van der Waals surface area contributed by atoms with Crippen LogP contribution in [-0.2, 0) is 4.74 Å². The number of aliphatic imine (C=N–C) groups is 1. The van der Waals surface area contributed by atoms with E-state index in [4.69, 9.17) is 9.73 Å². The minimum Gasteiger partial charge on any atom is -0.444 e. The number of halogens is 1. The molecule has 27 heavy (non-hydrogen) atoms. The van der Waals surface area contributed by atoms with Crippen LogP contribution in [0.5, 0.6) is 0 Å². The van der Waals surface area contributed by atoms with Gasteiger partial charge in [-0.1, -0.05) is 13.8 Å². The molecule has 7 nitrogen and oxygen atoms in total. The highest BCUT2D eigenvalue weighted by Crippen LogP contribution is 2.17. The smallest absolute Gasteiger partial charge is 0.407 e. The summed E-state index contributed by atoms with van der Waals surface area (Å²) in [5.41, 5.74) is -0.366. The van der Waals surface area contributed by atoms with E-state index in [0.717, 1.165) is 45.1 Å². The van der Waals surface area contributed by atoms with E-state index in [9.17, 15) is 4.79 Å². The number of ether oxygens (including phenoxy) is 1. The molecule has 0 spiro atoms. The summed E-state index contributed by atoms with van der Waals surface area (Å²) in [7, 11) is 4.17. The largest absolute Gasteiger partial charge is 0.444 e. The van der Waals surface area contributed by atoms with Crippen LogP contribution in [0, 0.1) is 5.41 Å². The highest BCUT2D eigenvalue weighted by atomic mass is 127. The van der Waals surface area contributed by atoms with E-state index in [-0.39, 0.29) is 41.5 Å². The number of nitrogens with zero attached hydrogens (tertiary/aromatic N) is 3. The summed E-state index contributed by atoms with van der Waals surface area (Å²) in [5, 5.41) is 6.35. The molecule has 1 aliphatic heterocycles. The third-order valence-electron chi connectivity index (χ3n) is 3.94. The normalized spacial score (nSPS) is 18.3. The number of rotatable bonds is 6. The van der Waals surface area contributed by atoms with E-state index in [1.807, 2.05) is 20.8 Å². The van der Waals surface area contributed by atoms with Crippen molar-refractivity contribution in [1.29, 1.82) is 0 Å². The molecule has 1 heterocycles. The number of carbonyl (C=O) groups excluding carboxylic acids is 1. The van der Waals surface area contributed by atoms with Crippen molar-refractivity contribution in [1.82, 2.24) is 20.4 Å². The zero-order valence-corrected chi connectivity index (χ0v) is 20.7. The average molecular weight is 497 g/mol. The predicted molar refractivity (Wildman–Crippen MR) is 123 cm³/mol. The van der Waals surface area contributed by atoms with Gasteiger partial charge in [0.2, 0.25) is 0 Å². The Morgan fingerprint density at radius 3 is 2.41 bits per heavy atom. The van der Waals surface area contributed by atoms with Gasteiger partial charge in [0, 0.05) is 32.7 Å². The number of likely N-dealkylation sites (tertiary alicyclic amines) is 1. The molecule has 0 radical (unpaired) electrons. The van der Waals surface area contributed by atoms with Crippen LogP contribution in [0.1, 0.15) is 48.0 Å². The van der Waals surface area contributed by atoms with Gasteiger partial charge in [-0.15, -0.1) is 24.0 Å². The Morgan fingerprint density at radius 2 is 1.89 bits per heavy atom. The molecule has 0 aromatic rings. The second-order valence-corrected chi connectivity index (χ2v) is 9.15. The van der Waals surface area contributed by atoms with Crippen LogP contribution < -0.4 is 10.6 Å². The Balaban J connectivity index is 0.00000676. The number of hydrogen-bond donors (Lipinski definition) is 2. The van der Waals surface area contributed by atoms with Gasteiger partial charge in [-0.25, -0.2) is 4.79 Å². The van der Waals surface area contributed by atoms with E-state index in [1.54, 1.807) is 0 Å². The molecule has 0 aromatic heterocycles. The molecule has 2 N–H and O–H groups in total. The highest BCUT2D eigenvalue weighted by molar-refractivity contribution is 14.0. The van der Waals surface area contributed by atoms with Crippen molar-refractivity contribution in [2.75, 3.05) is 46.8 Å². The summed E-state index contributed by atoms with van der Waals surface area (Å²) in [6.07, 6.45) is 0.545. The first-order valence-corrected chi connectivity index (χ1v) is 9.59. The Bertz CT molecular complexity index is 489. The lowest BCUT2D eigenvalue weighted by molar-refractivity contribution is 0.0507. The van der Waals surface area contributed by atoms with Crippen molar-refractivity contribution >= 4 is 36.0 Å². The lowest BCUT2D eigenvalue weighted by Crippen LogP contribution is -2.44. The van der Waals surface area contributed by atoms with Gasteiger partial charge in [0.05, 0.1) is 6.04 Å². The van der Waals surface area contributed by atoms with Crippen molar-refractivity contribution in [3.05, 3.63) is 0 Å².